The third-order valence-corrected chi connectivity index (χ3v) is 3.87. The van der Waals surface area contributed by atoms with Gasteiger partial charge in [-0.1, -0.05) is 30.3 Å². The number of halogens is 1. The lowest BCUT2D eigenvalue weighted by Gasteiger charge is -2.08. The standard InChI is InChI=1S/C18H15BrN4O2/c19-14-8-4-5-9-15(14)20-16-10-11-17(23-22-16)21-18(24)12-25-13-6-2-1-3-7-13/h1-11H,12H2,(H,20,22)(H,21,23,24). The molecule has 3 rings (SSSR count). The van der Waals surface area contributed by atoms with Crippen LogP contribution in [0.5, 0.6) is 5.75 Å². The molecule has 2 N–H and O–H groups in total. The Hall–Kier alpha value is -2.93. The van der Waals surface area contributed by atoms with E-state index in [9.17, 15) is 4.79 Å². The average molecular weight is 399 g/mol. The van der Waals surface area contributed by atoms with Gasteiger partial charge in [-0.25, -0.2) is 0 Å². The van der Waals surface area contributed by atoms with E-state index in [-0.39, 0.29) is 12.5 Å². The van der Waals surface area contributed by atoms with Gasteiger partial charge in [-0.15, -0.1) is 10.2 Å². The molecule has 0 unspecified atom stereocenters. The predicted molar refractivity (Wildman–Crippen MR) is 100 cm³/mol. The molecule has 1 heterocycles. The molecule has 0 atom stereocenters. The van der Waals surface area contributed by atoms with E-state index in [1.54, 1.807) is 24.3 Å². The first kappa shape index (κ1) is 16.9. The monoisotopic (exact) mass is 398 g/mol. The summed E-state index contributed by atoms with van der Waals surface area (Å²) in [6, 6.07) is 20.2. The lowest BCUT2D eigenvalue weighted by Crippen LogP contribution is -2.21. The fourth-order valence-corrected chi connectivity index (χ4v) is 2.39. The molecule has 0 spiro atoms. The molecule has 7 heteroatoms. The van der Waals surface area contributed by atoms with E-state index in [4.69, 9.17) is 4.74 Å². The SMILES string of the molecule is O=C(COc1ccccc1)Nc1ccc(Nc2ccccc2Br)nn1. The number of anilines is 3. The maximum Gasteiger partial charge on any atom is 0.263 e. The van der Waals surface area contributed by atoms with Crippen molar-refractivity contribution in [3.05, 3.63) is 71.2 Å². The Bertz CT molecular complexity index is 841. The minimum atomic E-state index is -0.301. The van der Waals surface area contributed by atoms with Crippen LogP contribution in [0.15, 0.2) is 71.2 Å². The zero-order valence-electron chi connectivity index (χ0n) is 13.1. The first-order chi connectivity index (χ1) is 12.2. The number of nitrogens with zero attached hydrogens (tertiary/aromatic N) is 2. The van der Waals surface area contributed by atoms with Gasteiger partial charge in [-0.05, 0) is 52.3 Å². The van der Waals surface area contributed by atoms with Gasteiger partial charge in [-0.3, -0.25) is 4.79 Å². The summed E-state index contributed by atoms with van der Waals surface area (Å²) in [4.78, 5) is 11.9. The van der Waals surface area contributed by atoms with E-state index < -0.39 is 0 Å². The van der Waals surface area contributed by atoms with Crippen LogP contribution in [-0.2, 0) is 4.79 Å². The summed E-state index contributed by atoms with van der Waals surface area (Å²) in [6.07, 6.45) is 0. The minimum Gasteiger partial charge on any atom is -0.484 e. The molecule has 0 radical (unpaired) electrons. The van der Waals surface area contributed by atoms with Crippen molar-refractivity contribution in [3.8, 4) is 5.75 Å². The molecular weight excluding hydrogens is 384 g/mol. The van der Waals surface area contributed by atoms with Crippen LogP contribution in [0.4, 0.5) is 17.3 Å². The van der Waals surface area contributed by atoms with Gasteiger partial charge in [0.2, 0.25) is 0 Å². The van der Waals surface area contributed by atoms with E-state index in [0.717, 1.165) is 10.2 Å². The molecule has 1 amide bonds. The molecule has 0 saturated carbocycles. The fraction of sp³-hybridized carbons (Fsp3) is 0.0556. The number of para-hydroxylation sites is 2. The van der Waals surface area contributed by atoms with Crippen molar-refractivity contribution in [1.29, 1.82) is 0 Å². The van der Waals surface area contributed by atoms with E-state index in [1.807, 2.05) is 42.5 Å². The van der Waals surface area contributed by atoms with Gasteiger partial charge in [0.1, 0.15) is 5.75 Å². The molecule has 0 saturated heterocycles. The molecule has 3 aromatic rings. The van der Waals surface area contributed by atoms with Gasteiger partial charge in [0.25, 0.3) is 5.91 Å². The molecule has 25 heavy (non-hydrogen) atoms. The number of benzene rings is 2. The lowest BCUT2D eigenvalue weighted by molar-refractivity contribution is -0.118. The molecular formula is C18H15BrN4O2. The zero-order chi connectivity index (χ0) is 17.5. The van der Waals surface area contributed by atoms with Crippen LogP contribution in [0.2, 0.25) is 0 Å². The van der Waals surface area contributed by atoms with Gasteiger partial charge in [0, 0.05) is 4.47 Å². The highest BCUT2D eigenvalue weighted by Crippen LogP contribution is 2.24. The number of amides is 1. The van der Waals surface area contributed by atoms with Gasteiger partial charge < -0.3 is 15.4 Å². The number of nitrogens with one attached hydrogen (secondary N) is 2. The summed E-state index contributed by atoms with van der Waals surface area (Å²) in [6.45, 7) is -0.0946. The van der Waals surface area contributed by atoms with Crippen LogP contribution >= 0.6 is 15.9 Å². The van der Waals surface area contributed by atoms with E-state index in [1.165, 1.54) is 0 Å². The Morgan fingerprint density at radius 2 is 1.60 bits per heavy atom. The molecule has 0 aliphatic carbocycles. The van der Waals surface area contributed by atoms with E-state index >= 15 is 0 Å². The maximum absolute atomic E-state index is 11.9. The van der Waals surface area contributed by atoms with Crippen molar-refractivity contribution in [3.63, 3.8) is 0 Å². The zero-order valence-corrected chi connectivity index (χ0v) is 14.7. The highest BCUT2D eigenvalue weighted by atomic mass is 79.9. The topological polar surface area (TPSA) is 76.1 Å². The number of hydrogen-bond acceptors (Lipinski definition) is 5. The lowest BCUT2D eigenvalue weighted by atomic mass is 10.3. The third-order valence-electron chi connectivity index (χ3n) is 3.18. The number of aromatic nitrogens is 2. The van der Waals surface area contributed by atoms with Gasteiger partial charge in [0.05, 0.1) is 5.69 Å². The normalized spacial score (nSPS) is 10.1. The first-order valence-corrected chi connectivity index (χ1v) is 8.33. The summed E-state index contributed by atoms with van der Waals surface area (Å²) >= 11 is 3.46. The first-order valence-electron chi connectivity index (χ1n) is 7.54. The van der Waals surface area contributed by atoms with Crippen molar-refractivity contribution >= 4 is 39.2 Å². The molecule has 0 fully saturated rings. The molecule has 0 aliphatic rings. The van der Waals surface area contributed by atoms with Crippen LogP contribution < -0.4 is 15.4 Å². The number of carbonyl (C=O) groups excluding carboxylic acids is 1. The molecule has 0 aliphatic heterocycles. The Kier molecular flexibility index (Phi) is 5.58. The van der Waals surface area contributed by atoms with Crippen molar-refractivity contribution in [2.45, 2.75) is 0 Å². The summed E-state index contributed by atoms with van der Waals surface area (Å²) in [5.41, 5.74) is 0.879. The maximum atomic E-state index is 11.9. The second-order valence-corrected chi connectivity index (χ2v) is 5.91. The highest BCUT2D eigenvalue weighted by molar-refractivity contribution is 9.10. The van der Waals surface area contributed by atoms with Gasteiger partial charge in [0.15, 0.2) is 18.2 Å². The second kappa shape index (κ2) is 8.25. The van der Waals surface area contributed by atoms with Crippen LogP contribution in [0.1, 0.15) is 0 Å². The van der Waals surface area contributed by atoms with E-state index in [2.05, 4.69) is 36.8 Å². The minimum absolute atomic E-state index is 0.0946. The Balaban J connectivity index is 1.53. The van der Waals surface area contributed by atoms with Crippen molar-refractivity contribution in [2.75, 3.05) is 17.2 Å². The Morgan fingerprint density at radius 3 is 2.32 bits per heavy atom. The smallest absolute Gasteiger partial charge is 0.263 e. The fourth-order valence-electron chi connectivity index (χ4n) is 2.01. The van der Waals surface area contributed by atoms with Crippen LogP contribution in [0.3, 0.4) is 0 Å². The molecule has 6 nitrogen and oxygen atoms in total. The quantitative estimate of drug-likeness (QED) is 0.656. The summed E-state index contributed by atoms with van der Waals surface area (Å²) in [5, 5.41) is 13.8. The third kappa shape index (κ3) is 5.02. The molecule has 1 aromatic heterocycles. The van der Waals surface area contributed by atoms with Crippen LogP contribution in [-0.4, -0.2) is 22.7 Å². The number of ether oxygens (including phenoxy) is 1. The van der Waals surface area contributed by atoms with Gasteiger partial charge >= 0.3 is 0 Å². The average Bonchev–Trinajstić information content (AvgIpc) is 2.64. The molecule has 126 valence electrons. The number of rotatable bonds is 6. The van der Waals surface area contributed by atoms with Gasteiger partial charge in [-0.2, -0.15) is 0 Å². The summed E-state index contributed by atoms with van der Waals surface area (Å²) < 4.78 is 6.30. The molecule has 2 aromatic carbocycles. The van der Waals surface area contributed by atoms with Crippen LogP contribution in [0.25, 0.3) is 0 Å². The predicted octanol–water partition coefficient (Wildman–Crippen LogP) is 4.00. The Labute approximate surface area is 153 Å². The number of hydrogen-bond donors (Lipinski definition) is 2. The molecule has 0 bridgehead atoms. The van der Waals surface area contributed by atoms with Crippen LogP contribution in [0, 0.1) is 0 Å². The largest absolute Gasteiger partial charge is 0.484 e. The second-order valence-electron chi connectivity index (χ2n) is 5.06. The van der Waals surface area contributed by atoms with Crippen molar-refractivity contribution in [2.24, 2.45) is 0 Å². The summed E-state index contributed by atoms with van der Waals surface area (Å²) in [5.74, 6) is 1.27. The number of carbonyl (C=O) groups is 1. The van der Waals surface area contributed by atoms with Crippen molar-refractivity contribution < 1.29 is 9.53 Å². The highest BCUT2D eigenvalue weighted by Gasteiger charge is 2.06. The Morgan fingerprint density at radius 1 is 0.920 bits per heavy atom. The van der Waals surface area contributed by atoms with E-state index in [0.29, 0.717) is 17.4 Å². The summed E-state index contributed by atoms with van der Waals surface area (Å²) in [7, 11) is 0. The van der Waals surface area contributed by atoms with Crippen molar-refractivity contribution in [1.82, 2.24) is 10.2 Å².